The van der Waals surface area contributed by atoms with Crippen molar-refractivity contribution >= 4 is 34.9 Å². The zero-order chi connectivity index (χ0) is 22.7. The Morgan fingerprint density at radius 1 is 1.25 bits per heavy atom. The van der Waals surface area contributed by atoms with Crippen molar-refractivity contribution in [3.63, 3.8) is 0 Å². The van der Waals surface area contributed by atoms with Crippen LogP contribution >= 0.6 is 11.8 Å². The predicted octanol–water partition coefficient (Wildman–Crippen LogP) is 4.28. The van der Waals surface area contributed by atoms with E-state index in [1.54, 1.807) is 36.4 Å². The van der Waals surface area contributed by atoms with Gasteiger partial charge in [0.15, 0.2) is 11.6 Å². The van der Waals surface area contributed by atoms with E-state index in [2.05, 4.69) is 16.7 Å². The normalized spacial score (nSPS) is 18.0. The van der Waals surface area contributed by atoms with Crippen LogP contribution in [0.1, 0.15) is 48.2 Å². The van der Waals surface area contributed by atoms with Crippen molar-refractivity contribution < 1.29 is 18.8 Å². The van der Waals surface area contributed by atoms with Gasteiger partial charge in [0.1, 0.15) is 5.76 Å². The third-order valence-electron chi connectivity index (χ3n) is 5.41. The van der Waals surface area contributed by atoms with Crippen LogP contribution in [0.25, 0.3) is 0 Å². The fraction of sp³-hybridized carbons (Fsp3) is 0.250. The Hall–Kier alpha value is -3.57. The van der Waals surface area contributed by atoms with E-state index in [4.69, 9.17) is 4.42 Å². The third-order valence-corrected chi connectivity index (χ3v) is 6.43. The fourth-order valence-electron chi connectivity index (χ4n) is 3.90. The van der Waals surface area contributed by atoms with Crippen LogP contribution < -0.4 is 10.6 Å². The van der Waals surface area contributed by atoms with Gasteiger partial charge >= 0.3 is 0 Å². The predicted molar refractivity (Wildman–Crippen MR) is 121 cm³/mol. The molecule has 0 saturated carbocycles. The summed E-state index contributed by atoms with van der Waals surface area (Å²) in [6, 6.07) is 12.4. The zero-order valence-corrected chi connectivity index (χ0v) is 18.3. The number of benzene rings is 1. The summed E-state index contributed by atoms with van der Waals surface area (Å²) >= 11 is 1.22. The van der Waals surface area contributed by atoms with E-state index in [0.29, 0.717) is 46.0 Å². The lowest BCUT2D eigenvalue weighted by atomic mass is 9.79. The first-order valence-corrected chi connectivity index (χ1v) is 11.2. The average Bonchev–Trinajstić information content (AvgIpc) is 3.32. The maximum atomic E-state index is 12.7. The number of anilines is 1. The van der Waals surface area contributed by atoms with Gasteiger partial charge in [-0.15, -0.1) is 0 Å². The number of hydrogen-bond acceptors (Lipinski definition) is 7. The van der Waals surface area contributed by atoms with Gasteiger partial charge in [0, 0.05) is 28.9 Å². The Kier molecular flexibility index (Phi) is 6.28. The molecule has 162 valence electrons. The molecule has 0 fully saturated rings. The van der Waals surface area contributed by atoms with Crippen molar-refractivity contribution in [2.24, 2.45) is 0 Å². The maximum Gasteiger partial charge on any atom is 0.234 e. The van der Waals surface area contributed by atoms with Crippen LogP contribution in [-0.2, 0) is 9.59 Å². The summed E-state index contributed by atoms with van der Waals surface area (Å²) in [6.07, 6.45) is 3.42. The quantitative estimate of drug-likeness (QED) is 0.636. The molecule has 0 unspecified atom stereocenters. The van der Waals surface area contributed by atoms with E-state index in [1.165, 1.54) is 24.9 Å². The summed E-state index contributed by atoms with van der Waals surface area (Å²) in [6.45, 7) is 1.48. The number of hydrogen-bond donors (Lipinski definition) is 2. The number of thioether (sulfide) groups is 1. The lowest BCUT2D eigenvalue weighted by Gasteiger charge is -2.32. The largest absolute Gasteiger partial charge is 0.468 e. The van der Waals surface area contributed by atoms with Crippen molar-refractivity contribution in [2.75, 3.05) is 11.1 Å². The average molecular weight is 448 g/mol. The molecule has 7 nitrogen and oxygen atoms in total. The lowest BCUT2D eigenvalue weighted by Crippen LogP contribution is -2.31. The highest BCUT2D eigenvalue weighted by atomic mass is 32.2. The van der Waals surface area contributed by atoms with Crippen molar-refractivity contribution in [3.05, 3.63) is 75.9 Å². The number of furan rings is 1. The molecule has 2 aromatic rings. The summed E-state index contributed by atoms with van der Waals surface area (Å²) < 4.78 is 5.57. The van der Waals surface area contributed by atoms with Gasteiger partial charge in [0.05, 0.1) is 34.6 Å². The molecule has 2 N–H and O–H groups in total. The Morgan fingerprint density at radius 2 is 2.03 bits per heavy atom. The molecule has 1 aromatic carbocycles. The van der Waals surface area contributed by atoms with Gasteiger partial charge in [-0.25, -0.2) is 0 Å². The van der Waals surface area contributed by atoms with Crippen LogP contribution in [0.4, 0.5) is 5.69 Å². The molecule has 2 heterocycles. The second kappa shape index (κ2) is 9.28. The minimum Gasteiger partial charge on any atom is -0.468 e. The molecule has 0 spiro atoms. The second-order valence-corrected chi connectivity index (χ2v) is 8.55. The van der Waals surface area contributed by atoms with Gasteiger partial charge in [-0.05, 0) is 56.2 Å². The highest BCUT2D eigenvalue weighted by Gasteiger charge is 2.38. The fourth-order valence-corrected chi connectivity index (χ4v) is 4.76. The van der Waals surface area contributed by atoms with Gasteiger partial charge in [0.25, 0.3) is 0 Å². The third kappa shape index (κ3) is 4.39. The number of rotatable bonds is 6. The first-order chi connectivity index (χ1) is 15.5. The lowest BCUT2D eigenvalue weighted by molar-refractivity contribution is -0.116. The van der Waals surface area contributed by atoms with Crippen molar-refractivity contribution in [3.8, 4) is 6.07 Å². The topological polar surface area (TPSA) is 112 Å². The van der Waals surface area contributed by atoms with Crippen LogP contribution in [0.2, 0.25) is 0 Å². The number of nitriles is 1. The highest BCUT2D eigenvalue weighted by Crippen LogP contribution is 2.44. The molecule has 4 rings (SSSR count). The van der Waals surface area contributed by atoms with Crippen molar-refractivity contribution in [1.82, 2.24) is 5.32 Å². The molecule has 1 atom stereocenters. The number of Topliss-reactive ketones (excluding diaryl/α,β-unsaturated/α-hetero) is 2. The summed E-state index contributed by atoms with van der Waals surface area (Å²) in [4.78, 5) is 36.6. The number of dihydropyridines is 1. The number of allylic oxidation sites excluding steroid dienone is 3. The first kappa shape index (κ1) is 21.7. The molecule has 1 aliphatic carbocycles. The van der Waals surface area contributed by atoms with E-state index in [1.807, 2.05) is 0 Å². The van der Waals surface area contributed by atoms with E-state index in [-0.39, 0.29) is 23.2 Å². The molecule has 0 bridgehead atoms. The molecule has 2 aliphatic rings. The Labute approximate surface area is 189 Å². The molecule has 0 radical (unpaired) electrons. The number of amides is 1. The zero-order valence-electron chi connectivity index (χ0n) is 17.4. The van der Waals surface area contributed by atoms with Crippen LogP contribution in [0.5, 0.6) is 0 Å². The SMILES string of the molecule is CC(=O)c1ccc(NC(=O)CSC2=C(C#N)[C@@H](c3ccco3)C3=C(CCCC3=O)N2)cc1. The standard InChI is InChI=1S/C24H21N3O4S/c1-14(28)15-7-9-16(10-8-15)26-21(30)13-32-24-17(12-25)22(20-6-3-11-31-20)23-18(27-24)4-2-5-19(23)29/h3,6-11,22,27H,2,4-5,13H2,1H3,(H,26,30)/t22-/m0/s1. The molecule has 32 heavy (non-hydrogen) atoms. The molecule has 1 amide bonds. The molecular weight excluding hydrogens is 426 g/mol. The van der Waals surface area contributed by atoms with Crippen LogP contribution in [0, 0.1) is 11.3 Å². The van der Waals surface area contributed by atoms with E-state index < -0.39 is 5.92 Å². The number of carbonyl (C=O) groups excluding carboxylic acids is 3. The number of nitrogens with one attached hydrogen (secondary N) is 2. The van der Waals surface area contributed by atoms with Crippen molar-refractivity contribution in [2.45, 2.75) is 32.1 Å². The second-order valence-electron chi connectivity index (χ2n) is 7.57. The van der Waals surface area contributed by atoms with Gasteiger partial charge in [-0.1, -0.05) is 11.8 Å². The van der Waals surface area contributed by atoms with E-state index >= 15 is 0 Å². The van der Waals surface area contributed by atoms with Crippen LogP contribution in [-0.4, -0.2) is 23.2 Å². The van der Waals surface area contributed by atoms with Crippen LogP contribution in [0.15, 0.2) is 69.0 Å². The summed E-state index contributed by atoms with van der Waals surface area (Å²) in [7, 11) is 0. The molecular formula is C24H21N3O4S. The molecule has 1 aromatic heterocycles. The van der Waals surface area contributed by atoms with E-state index in [9.17, 15) is 19.6 Å². The monoisotopic (exact) mass is 447 g/mol. The Bertz CT molecular complexity index is 1170. The Balaban J connectivity index is 1.52. The summed E-state index contributed by atoms with van der Waals surface area (Å²) in [5.41, 5.74) is 2.91. The van der Waals surface area contributed by atoms with E-state index in [0.717, 1.165) is 12.1 Å². The van der Waals surface area contributed by atoms with Crippen molar-refractivity contribution in [1.29, 1.82) is 5.26 Å². The number of nitrogens with zero attached hydrogens (tertiary/aromatic N) is 1. The van der Waals surface area contributed by atoms with Gasteiger partial charge in [-0.2, -0.15) is 5.26 Å². The first-order valence-electron chi connectivity index (χ1n) is 10.2. The smallest absolute Gasteiger partial charge is 0.234 e. The molecule has 8 heteroatoms. The maximum absolute atomic E-state index is 12.7. The molecule has 1 aliphatic heterocycles. The minimum absolute atomic E-state index is 0.0173. The number of ketones is 2. The van der Waals surface area contributed by atoms with Gasteiger partial charge < -0.3 is 15.1 Å². The van der Waals surface area contributed by atoms with Gasteiger partial charge in [-0.3, -0.25) is 14.4 Å². The van der Waals surface area contributed by atoms with Gasteiger partial charge in [0.2, 0.25) is 5.91 Å². The number of carbonyl (C=O) groups is 3. The Morgan fingerprint density at radius 3 is 2.69 bits per heavy atom. The minimum atomic E-state index is -0.566. The summed E-state index contributed by atoms with van der Waals surface area (Å²) in [5, 5.41) is 16.5. The molecule has 0 saturated heterocycles. The van der Waals surface area contributed by atoms with Crippen LogP contribution in [0.3, 0.4) is 0 Å². The summed E-state index contributed by atoms with van der Waals surface area (Å²) in [5.74, 6) is -0.222. The highest BCUT2D eigenvalue weighted by molar-refractivity contribution is 8.03.